The molecule has 0 saturated heterocycles. The molecule has 1 heterocycles. The Labute approximate surface area is 104 Å². The number of halogens is 1. The van der Waals surface area contributed by atoms with E-state index >= 15 is 0 Å². The van der Waals surface area contributed by atoms with Gasteiger partial charge in [-0.3, -0.25) is 0 Å². The van der Waals surface area contributed by atoms with Crippen LogP contribution in [-0.4, -0.2) is 11.1 Å². The van der Waals surface area contributed by atoms with Gasteiger partial charge in [0.2, 0.25) is 0 Å². The van der Waals surface area contributed by atoms with Crippen molar-refractivity contribution < 1.29 is 14.5 Å². The van der Waals surface area contributed by atoms with Gasteiger partial charge in [-0.2, -0.15) is 4.57 Å². The summed E-state index contributed by atoms with van der Waals surface area (Å²) in [7, 11) is 0. The summed E-state index contributed by atoms with van der Waals surface area (Å²) in [5.74, 6) is -0.932. The zero-order valence-electron chi connectivity index (χ0n) is 9.01. The fourth-order valence-corrected chi connectivity index (χ4v) is 1.77. The maximum Gasteiger partial charge on any atom is 0.341 e. The van der Waals surface area contributed by atoms with Crippen molar-refractivity contribution in [3.05, 3.63) is 64.9 Å². The maximum absolute atomic E-state index is 10.8. The van der Waals surface area contributed by atoms with Crippen LogP contribution in [0.3, 0.4) is 0 Å². The lowest BCUT2D eigenvalue weighted by molar-refractivity contribution is -0.688. The predicted octanol–water partition coefficient (Wildman–Crippen LogP) is 2.37. The second kappa shape index (κ2) is 4.97. The number of aromatic nitrogens is 1. The van der Waals surface area contributed by atoms with E-state index in [0.717, 1.165) is 5.56 Å². The molecule has 2 aromatic rings. The zero-order valence-corrected chi connectivity index (χ0v) is 9.76. The molecule has 0 aliphatic carbocycles. The van der Waals surface area contributed by atoms with Crippen LogP contribution in [0.15, 0.2) is 48.8 Å². The lowest BCUT2D eigenvalue weighted by atomic mass is 10.2. The van der Waals surface area contributed by atoms with Crippen LogP contribution in [0.2, 0.25) is 5.02 Å². The Kier molecular flexibility index (Phi) is 3.40. The number of benzene rings is 1. The minimum absolute atomic E-state index is 0.263. The summed E-state index contributed by atoms with van der Waals surface area (Å²) in [4.78, 5) is 10.8. The van der Waals surface area contributed by atoms with E-state index < -0.39 is 5.97 Å². The first-order valence-corrected chi connectivity index (χ1v) is 5.50. The Morgan fingerprint density at radius 2 is 2.00 bits per heavy atom. The van der Waals surface area contributed by atoms with E-state index in [9.17, 15) is 4.79 Å². The standard InChI is InChI=1S/C13H10ClNO2/c14-12-6-2-1-4-10(12)8-15-7-3-5-11(9-15)13(16)17/h1-7,9H,8H2/p+1. The third kappa shape index (κ3) is 2.82. The molecule has 0 spiro atoms. The topological polar surface area (TPSA) is 41.2 Å². The zero-order chi connectivity index (χ0) is 12.3. The summed E-state index contributed by atoms with van der Waals surface area (Å²) in [6, 6.07) is 10.8. The first-order chi connectivity index (χ1) is 8.16. The summed E-state index contributed by atoms with van der Waals surface area (Å²) < 4.78 is 1.80. The van der Waals surface area contributed by atoms with Crippen LogP contribution >= 0.6 is 11.6 Å². The van der Waals surface area contributed by atoms with Crippen LogP contribution in [-0.2, 0) is 6.54 Å². The number of pyridine rings is 1. The van der Waals surface area contributed by atoms with Crippen molar-refractivity contribution in [1.82, 2.24) is 0 Å². The van der Waals surface area contributed by atoms with Gasteiger partial charge in [0.05, 0.1) is 5.02 Å². The lowest BCUT2D eigenvalue weighted by Crippen LogP contribution is -2.34. The Morgan fingerprint density at radius 3 is 2.71 bits per heavy atom. The molecular formula is C13H11ClNO2+. The molecule has 1 aromatic heterocycles. The number of nitrogens with zero attached hydrogens (tertiary/aromatic N) is 1. The summed E-state index contributed by atoms with van der Waals surface area (Å²) in [6.07, 6.45) is 3.40. The number of carboxylic acid groups (broad SMARTS) is 1. The van der Waals surface area contributed by atoms with Crippen LogP contribution < -0.4 is 4.57 Å². The lowest BCUT2D eigenvalue weighted by Gasteiger charge is -2.00. The number of rotatable bonds is 3. The largest absolute Gasteiger partial charge is 0.477 e. The highest BCUT2D eigenvalue weighted by atomic mass is 35.5. The van der Waals surface area contributed by atoms with Gasteiger partial charge in [0.1, 0.15) is 5.56 Å². The van der Waals surface area contributed by atoms with Crippen molar-refractivity contribution in [2.45, 2.75) is 6.54 Å². The monoisotopic (exact) mass is 248 g/mol. The molecule has 4 heteroatoms. The Balaban J connectivity index is 2.28. The van der Waals surface area contributed by atoms with Crippen molar-refractivity contribution in [2.24, 2.45) is 0 Å². The van der Waals surface area contributed by atoms with Crippen LogP contribution in [0, 0.1) is 0 Å². The molecular weight excluding hydrogens is 238 g/mol. The van der Waals surface area contributed by atoms with E-state index in [1.54, 1.807) is 22.9 Å². The third-order valence-corrected chi connectivity index (χ3v) is 2.78. The van der Waals surface area contributed by atoms with Gasteiger partial charge in [-0.15, -0.1) is 0 Å². The molecule has 0 amide bonds. The van der Waals surface area contributed by atoms with Gasteiger partial charge in [0.15, 0.2) is 18.9 Å². The highest BCUT2D eigenvalue weighted by Gasteiger charge is 2.10. The van der Waals surface area contributed by atoms with E-state index in [0.29, 0.717) is 11.6 Å². The Hall–Kier alpha value is -1.87. The maximum atomic E-state index is 10.8. The molecule has 0 aliphatic rings. The molecule has 0 unspecified atom stereocenters. The average molecular weight is 249 g/mol. The molecule has 86 valence electrons. The van der Waals surface area contributed by atoms with Crippen molar-refractivity contribution >= 4 is 17.6 Å². The first kappa shape index (κ1) is 11.6. The van der Waals surface area contributed by atoms with Crippen molar-refractivity contribution in [2.75, 3.05) is 0 Å². The molecule has 0 saturated carbocycles. The van der Waals surface area contributed by atoms with Crippen LogP contribution in [0.1, 0.15) is 15.9 Å². The van der Waals surface area contributed by atoms with Crippen molar-refractivity contribution in [3.8, 4) is 0 Å². The second-order valence-electron chi connectivity index (χ2n) is 3.66. The number of aromatic carboxylic acids is 1. The number of carbonyl (C=O) groups is 1. The first-order valence-electron chi connectivity index (χ1n) is 5.12. The number of hydrogen-bond donors (Lipinski definition) is 1. The van der Waals surface area contributed by atoms with E-state index in [2.05, 4.69) is 0 Å². The van der Waals surface area contributed by atoms with Crippen LogP contribution in [0.4, 0.5) is 0 Å². The van der Waals surface area contributed by atoms with Gasteiger partial charge >= 0.3 is 5.97 Å². The molecule has 0 fully saturated rings. The molecule has 1 aromatic carbocycles. The predicted molar refractivity (Wildman–Crippen MR) is 64.2 cm³/mol. The van der Waals surface area contributed by atoms with Crippen molar-refractivity contribution in [3.63, 3.8) is 0 Å². The Morgan fingerprint density at radius 1 is 1.24 bits per heavy atom. The SMILES string of the molecule is O=C(O)c1ccc[n+](Cc2ccccc2Cl)c1. The van der Waals surface area contributed by atoms with Crippen LogP contribution in [0.5, 0.6) is 0 Å². The number of hydrogen-bond acceptors (Lipinski definition) is 1. The molecule has 1 N–H and O–H groups in total. The van der Waals surface area contributed by atoms with Gasteiger partial charge in [0.25, 0.3) is 0 Å². The fourth-order valence-electron chi connectivity index (χ4n) is 1.57. The summed E-state index contributed by atoms with van der Waals surface area (Å²) >= 11 is 6.05. The van der Waals surface area contributed by atoms with Gasteiger partial charge in [-0.05, 0) is 12.1 Å². The van der Waals surface area contributed by atoms with Crippen molar-refractivity contribution in [1.29, 1.82) is 0 Å². The molecule has 0 aliphatic heterocycles. The van der Waals surface area contributed by atoms with Gasteiger partial charge in [-0.25, -0.2) is 4.79 Å². The summed E-state index contributed by atoms with van der Waals surface area (Å²) in [5, 5.41) is 9.57. The summed E-state index contributed by atoms with van der Waals surface area (Å²) in [5.41, 5.74) is 1.22. The molecule has 0 atom stereocenters. The second-order valence-corrected chi connectivity index (χ2v) is 4.07. The minimum atomic E-state index is -0.932. The molecule has 0 bridgehead atoms. The van der Waals surface area contributed by atoms with Gasteiger partial charge in [-0.1, -0.05) is 29.8 Å². The highest BCUT2D eigenvalue weighted by molar-refractivity contribution is 6.31. The quantitative estimate of drug-likeness (QED) is 0.848. The summed E-state index contributed by atoms with van der Waals surface area (Å²) in [6.45, 7) is 0.556. The molecule has 3 nitrogen and oxygen atoms in total. The number of carboxylic acids is 1. The Bertz CT molecular complexity index is 555. The van der Waals surface area contributed by atoms with Crippen LogP contribution in [0.25, 0.3) is 0 Å². The van der Waals surface area contributed by atoms with Gasteiger partial charge < -0.3 is 5.11 Å². The van der Waals surface area contributed by atoms with Gasteiger partial charge in [0, 0.05) is 11.6 Å². The van der Waals surface area contributed by atoms with E-state index in [1.165, 1.54) is 0 Å². The average Bonchev–Trinajstić information content (AvgIpc) is 2.32. The molecule has 0 radical (unpaired) electrons. The normalized spacial score (nSPS) is 10.2. The van der Waals surface area contributed by atoms with E-state index in [4.69, 9.17) is 16.7 Å². The third-order valence-electron chi connectivity index (χ3n) is 2.42. The fraction of sp³-hybridized carbons (Fsp3) is 0.0769. The van der Waals surface area contributed by atoms with E-state index in [-0.39, 0.29) is 5.56 Å². The van der Waals surface area contributed by atoms with E-state index in [1.807, 2.05) is 30.5 Å². The molecule has 2 rings (SSSR count). The smallest absolute Gasteiger partial charge is 0.341 e. The molecule has 17 heavy (non-hydrogen) atoms. The highest BCUT2D eigenvalue weighted by Crippen LogP contribution is 2.14. The minimum Gasteiger partial charge on any atom is -0.477 e.